The Hall–Kier alpha value is -2.05. The third-order valence-electron chi connectivity index (χ3n) is 4.74. The van der Waals surface area contributed by atoms with Crippen LogP contribution in [0.3, 0.4) is 0 Å². The van der Waals surface area contributed by atoms with Crippen molar-refractivity contribution in [1.29, 1.82) is 0 Å². The van der Waals surface area contributed by atoms with Crippen LogP contribution in [0.25, 0.3) is 0 Å². The number of ether oxygens (including phenoxy) is 3. The van der Waals surface area contributed by atoms with Gasteiger partial charge in [0.1, 0.15) is 11.5 Å². The molecule has 1 aliphatic rings. The molecule has 2 aromatic rings. The molecule has 0 aliphatic carbocycles. The third-order valence-corrected chi connectivity index (χ3v) is 4.74. The highest BCUT2D eigenvalue weighted by Crippen LogP contribution is 2.34. The number of benzene rings is 1. The lowest BCUT2D eigenvalue weighted by Gasteiger charge is -2.18. The maximum absolute atomic E-state index is 5.95. The van der Waals surface area contributed by atoms with Crippen molar-refractivity contribution in [1.82, 2.24) is 15.1 Å². The number of hydrogen-bond acceptors (Lipinski definition) is 5. The van der Waals surface area contributed by atoms with Crippen LogP contribution in [0.1, 0.15) is 30.6 Å². The summed E-state index contributed by atoms with van der Waals surface area (Å²) in [7, 11) is 3.35. The smallest absolute Gasteiger partial charge is 0.127 e. The topological polar surface area (TPSA) is 57.5 Å². The summed E-state index contributed by atoms with van der Waals surface area (Å²) in [5, 5.41) is 7.92. The van der Waals surface area contributed by atoms with Crippen LogP contribution in [-0.2, 0) is 17.8 Å². The SMILES string of the molecule is CCn1cc([C@@H]2OCC[C@H]2CNCc2ccc(OC)cc2OC)cn1. The van der Waals surface area contributed by atoms with Crippen molar-refractivity contribution >= 4 is 0 Å². The molecule has 1 saturated heterocycles. The zero-order chi connectivity index (χ0) is 17.6. The van der Waals surface area contributed by atoms with Crippen molar-refractivity contribution in [2.24, 2.45) is 5.92 Å². The van der Waals surface area contributed by atoms with Gasteiger partial charge in [0.2, 0.25) is 0 Å². The van der Waals surface area contributed by atoms with E-state index in [1.165, 1.54) is 5.56 Å². The maximum Gasteiger partial charge on any atom is 0.127 e. The van der Waals surface area contributed by atoms with Crippen molar-refractivity contribution in [3.63, 3.8) is 0 Å². The summed E-state index contributed by atoms with van der Waals surface area (Å²) in [4.78, 5) is 0. The Morgan fingerprint density at radius 3 is 2.92 bits per heavy atom. The highest BCUT2D eigenvalue weighted by molar-refractivity contribution is 5.40. The van der Waals surface area contributed by atoms with Crippen molar-refractivity contribution in [2.75, 3.05) is 27.4 Å². The minimum Gasteiger partial charge on any atom is -0.497 e. The number of aromatic nitrogens is 2. The van der Waals surface area contributed by atoms with E-state index >= 15 is 0 Å². The molecule has 0 saturated carbocycles. The molecule has 1 aliphatic heterocycles. The second kappa shape index (κ2) is 8.36. The van der Waals surface area contributed by atoms with Crippen LogP contribution >= 0.6 is 0 Å². The summed E-state index contributed by atoms with van der Waals surface area (Å²) in [6, 6.07) is 5.91. The lowest BCUT2D eigenvalue weighted by atomic mass is 9.97. The molecule has 3 rings (SSSR count). The Labute approximate surface area is 149 Å². The Morgan fingerprint density at radius 2 is 2.20 bits per heavy atom. The van der Waals surface area contributed by atoms with Gasteiger partial charge in [0, 0.05) is 55.5 Å². The van der Waals surface area contributed by atoms with Crippen LogP contribution in [0.2, 0.25) is 0 Å². The van der Waals surface area contributed by atoms with Gasteiger partial charge in [-0.3, -0.25) is 4.68 Å². The lowest BCUT2D eigenvalue weighted by molar-refractivity contribution is 0.0903. The van der Waals surface area contributed by atoms with Gasteiger partial charge in [-0.2, -0.15) is 5.10 Å². The second-order valence-electron chi connectivity index (χ2n) is 6.28. The van der Waals surface area contributed by atoms with Gasteiger partial charge in [0.05, 0.1) is 26.5 Å². The van der Waals surface area contributed by atoms with Crippen molar-refractivity contribution in [3.05, 3.63) is 41.7 Å². The van der Waals surface area contributed by atoms with Crippen LogP contribution in [0.5, 0.6) is 11.5 Å². The molecule has 25 heavy (non-hydrogen) atoms. The summed E-state index contributed by atoms with van der Waals surface area (Å²) in [5.41, 5.74) is 2.30. The molecule has 1 N–H and O–H groups in total. The van der Waals surface area contributed by atoms with E-state index in [-0.39, 0.29) is 6.10 Å². The monoisotopic (exact) mass is 345 g/mol. The zero-order valence-corrected chi connectivity index (χ0v) is 15.2. The summed E-state index contributed by atoms with van der Waals surface area (Å²) in [6.07, 6.45) is 5.22. The molecule has 2 heterocycles. The first-order valence-corrected chi connectivity index (χ1v) is 8.80. The molecular weight excluding hydrogens is 318 g/mol. The van der Waals surface area contributed by atoms with Gasteiger partial charge in [-0.25, -0.2) is 0 Å². The number of methoxy groups -OCH3 is 2. The number of rotatable bonds is 8. The van der Waals surface area contributed by atoms with Gasteiger partial charge in [0.25, 0.3) is 0 Å². The minimum absolute atomic E-state index is 0.130. The standard InChI is InChI=1S/C19H27N3O3/c1-4-22-13-16(12-21-22)19-15(7-8-25-19)11-20-10-14-5-6-17(23-2)9-18(14)24-3/h5-6,9,12-13,15,19-20H,4,7-8,10-11H2,1-3H3/t15-,19+/m0/s1. The Bertz CT molecular complexity index is 686. The fraction of sp³-hybridized carbons (Fsp3) is 0.526. The highest BCUT2D eigenvalue weighted by Gasteiger charge is 2.30. The third kappa shape index (κ3) is 4.14. The molecule has 136 valence electrons. The zero-order valence-electron chi connectivity index (χ0n) is 15.2. The van der Waals surface area contributed by atoms with E-state index in [4.69, 9.17) is 14.2 Å². The molecule has 0 radical (unpaired) electrons. The largest absolute Gasteiger partial charge is 0.497 e. The number of aryl methyl sites for hydroxylation is 1. The van der Waals surface area contributed by atoms with Crippen molar-refractivity contribution in [3.8, 4) is 11.5 Å². The fourth-order valence-corrected chi connectivity index (χ4v) is 3.30. The van der Waals surface area contributed by atoms with E-state index in [9.17, 15) is 0 Å². The van der Waals surface area contributed by atoms with Crippen molar-refractivity contribution in [2.45, 2.75) is 32.5 Å². The molecule has 0 spiro atoms. The van der Waals surface area contributed by atoms with Gasteiger partial charge < -0.3 is 19.5 Å². The van der Waals surface area contributed by atoms with Crippen LogP contribution in [-0.4, -0.2) is 37.2 Å². The molecular formula is C19H27N3O3. The second-order valence-corrected chi connectivity index (χ2v) is 6.28. The predicted octanol–water partition coefficient (Wildman–Crippen LogP) is 2.79. The molecule has 0 unspecified atom stereocenters. The maximum atomic E-state index is 5.95. The van der Waals surface area contributed by atoms with Crippen LogP contribution in [0.15, 0.2) is 30.6 Å². The first-order valence-electron chi connectivity index (χ1n) is 8.80. The summed E-state index contributed by atoms with van der Waals surface area (Å²) in [5.74, 6) is 2.10. The van der Waals surface area contributed by atoms with E-state index < -0.39 is 0 Å². The average Bonchev–Trinajstić information content (AvgIpc) is 3.30. The first kappa shape index (κ1) is 17.8. The van der Waals surface area contributed by atoms with Crippen LogP contribution in [0.4, 0.5) is 0 Å². The van der Waals surface area contributed by atoms with E-state index in [2.05, 4.69) is 23.5 Å². The molecule has 1 fully saturated rings. The van der Waals surface area contributed by atoms with Gasteiger partial charge in [-0.15, -0.1) is 0 Å². The minimum atomic E-state index is 0.130. The molecule has 0 bridgehead atoms. The Morgan fingerprint density at radius 1 is 1.32 bits per heavy atom. The first-order chi connectivity index (χ1) is 12.2. The molecule has 1 aromatic carbocycles. The van der Waals surface area contributed by atoms with E-state index in [1.54, 1.807) is 14.2 Å². The molecule has 2 atom stereocenters. The molecule has 6 heteroatoms. The Kier molecular flexibility index (Phi) is 5.94. The van der Waals surface area contributed by atoms with E-state index in [0.717, 1.165) is 49.7 Å². The Balaban J connectivity index is 1.58. The molecule has 6 nitrogen and oxygen atoms in total. The van der Waals surface area contributed by atoms with E-state index in [0.29, 0.717) is 5.92 Å². The van der Waals surface area contributed by atoms with Gasteiger partial charge >= 0.3 is 0 Å². The predicted molar refractivity (Wildman–Crippen MR) is 96.0 cm³/mol. The highest BCUT2D eigenvalue weighted by atomic mass is 16.5. The van der Waals surface area contributed by atoms with Crippen LogP contribution < -0.4 is 14.8 Å². The molecule has 1 aromatic heterocycles. The molecule has 0 amide bonds. The number of hydrogen-bond donors (Lipinski definition) is 1. The number of nitrogens with zero attached hydrogens (tertiary/aromatic N) is 2. The summed E-state index contributed by atoms with van der Waals surface area (Å²) < 4.78 is 18.6. The van der Waals surface area contributed by atoms with Gasteiger partial charge in [-0.05, 0) is 19.4 Å². The van der Waals surface area contributed by atoms with Gasteiger partial charge in [-0.1, -0.05) is 6.07 Å². The summed E-state index contributed by atoms with van der Waals surface area (Å²) in [6.45, 7) is 5.43. The lowest BCUT2D eigenvalue weighted by Crippen LogP contribution is -2.24. The van der Waals surface area contributed by atoms with Crippen molar-refractivity contribution < 1.29 is 14.2 Å². The average molecular weight is 345 g/mol. The van der Waals surface area contributed by atoms with Crippen LogP contribution in [0, 0.1) is 5.92 Å². The van der Waals surface area contributed by atoms with E-state index in [1.807, 2.05) is 29.1 Å². The normalized spacial score (nSPS) is 20.0. The van der Waals surface area contributed by atoms with Gasteiger partial charge in [0.15, 0.2) is 0 Å². The quantitative estimate of drug-likeness (QED) is 0.797. The summed E-state index contributed by atoms with van der Waals surface area (Å²) >= 11 is 0. The number of nitrogens with one attached hydrogen (secondary N) is 1. The fourth-order valence-electron chi connectivity index (χ4n) is 3.30.